The predicted molar refractivity (Wildman–Crippen MR) is 75.2 cm³/mol. The predicted octanol–water partition coefficient (Wildman–Crippen LogP) is 3.47. The van der Waals surface area contributed by atoms with Crippen LogP contribution in [0, 0.1) is 5.92 Å². The van der Waals surface area contributed by atoms with Gasteiger partial charge in [0.1, 0.15) is 5.82 Å². The van der Waals surface area contributed by atoms with Crippen molar-refractivity contribution in [3.8, 4) is 0 Å². The average Bonchev–Trinajstić information content (AvgIpc) is 2.82. The number of fused-ring (bicyclic) bond motifs is 1. The van der Waals surface area contributed by atoms with Gasteiger partial charge in [0.15, 0.2) is 0 Å². The van der Waals surface area contributed by atoms with Crippen LogP contribution < -0.4 is 5.32 Å². The summed E-state index contributed by atoms with van der Waals surface area (Å²) in [6, 6.07) is 0.286. The van der Waals surface area contributed by atoms with E-state index in [0.717, 1.165) is 5.82 Å². The molecule has 0 spiro atoms. The minimum Gasteiger partial charge on any atom is -0.311 e. The Bertz CT molecular complexity index is 472. The molecular formula is C15H23N3O. The Kier molecular flexibility index (Phi) is 3.33. The highest BCUT2D eigenvalue weighted by atomic mass is 16.1. The van der Waals surface area contributed by atoms with Gasteiger partial charge in [0.05, 0.1) is 6.20 Å². The van der Waals surface area contributed by atoms with Crippen molar-refractivity contribution in [2.75, 3.05) is 5.32 Å². The first-order chi connectivity index (χ1) is 9.16. The quantitative estimate of drug-likeness (QED) is 0.886. The second-order valence-corrected chi connectivity index (χ2v) is 6.24. The van der Waals surface area contributed by atoms with Gasteiger partial charge in [0.2, 0.25) is 5.91 Å². The molecule has 1 atom stereocenters. The summed E-state index contributed by atoms with van der Waals surface area (Å²) >= 11 is 0. The van der Waals surface area contributed by atoms with E-state index in [0.29, 0.717) is 18.3 Å². The zero-order valence-corrected chi connectivity index (χ0v) is 11.9. The van der Waals surface area contributed by atoms with Crippen LogP contribution in [0.5, 0.6) is 0 Å². The van der Waals surface area contributed by atoms with Crippen LogP contribution in [0.4, 0.5) is 5.82 Å². The molecule has 0 bridgehead atoms. The van der Waals surface area contributed by atoms with Crippen LogP contribution in [-0.4, -0.2) is 15.7 Å². The van der Waals surface area contributed by atoms with Gasteiger partial charge in [-0.1, -0.05) is 19.3 Å². The number of hydrogen-bond acceptors (Lipinski definition) is 2. The van der Waals surface area contributed by atoms with Crippen molar-refractivity contribution in [3.63, 3.8) is 0 Å². The maximum Gasteiger partial charge on any atom is 0.226 e. The Labute approximate surface area is 114 Å². The zero-order valence-electron chi connectivity index (χ0n) is 11.9. The minimum absolute atomic E-state index is 0.158. The first kappa shape index (κ1) is 12.7. The number of anilines is 1. The minimum atomic E-state index is 0.158. The summed E-state index contributed by atoms with van der Waals surface area (Å²) in [5.41, 5.74) is 1.26. The maximum atomic E-state index is 12.0. The summed E-state index contributed by atoms with van der Waals surface area (Å²) in [5.74, 6) is 2.16. The van der Waals surface area contributed by atoms with E-state index in [1.54, 1.807) is 0 Å². The Balaban J connectivity index is 1.93. The van der Waals surface area contributed by atoms with E-state index in [4.69, 9.17) is 0 Å². The average molecular weight is 261 g/mol. The van der Waals surface area contributed by atoms with Crippen LogP contribution in [0.3, 0.4) is 0 Å². The lowest BCUT2D eigenvalue weighted by atomic mass is 9.75. The molecule has 1 fully saturated rings. The van der Waals surface area contributed by atoms with Crippen molar-refractivity contribution in [1.29, 1.82) is 0 Å². The fraction of sp³-hybridized carbons (Fsp3) is 0.733. The molecule has 104 valence electrons. The molecule has 1 aliphatic heterocycles. The molecule has 1 aromatic heterocycles. The van der Waals surface area contributed by atoms with E-state index in [-0.39, 0.29) is 11.9 Å². The van der Waals surface area contributed by atoms with Gasteiger partial charge in [-0.25, -0.2) is 4.68 Å². The highest BCUT2D eigenvalue weighted by molar-refractivity contribution is 5.93. The van der Waals surface area contributed by atoms with Crippen molar-refractivity contribution < 1.29 is 4.79 Å². The Morgan fingerprint density at radius 3 is 2.74 bits per heavy atom. The van der Waals surface area contributed by atoms with Crippen LogP contribution in [0.25, 0.3) is 0 Å². The Morgan fingerprint density at radius 1 is 1.32 bits per heavy atom. The fourth-order valence-corrected chi connectivity index (χ4v) is 3.62. The highest BCUT2D eigenvalue weighted by Crippen LogP contribution is 2.43. The Hall–Kier alpha value is -1.32. The smallest absolute Gasteiger partial charge is 0.226 e. The zero-order chi connectivity index (χ0) is 13.4. The first-order valence-corrected chi connectivity index (χ1v) is 7.54. The van der Waals surface area contributed by atoms with Gasteiger partial charge in [-0.05, 0) is 32.6 Å². The van der Waals surface area contributed by atoms with Gasteiger partial charge >= 0.3 is 0 Å². The van der Waals surface area contributed by atoms with Crippen LogP contribution in [0.2, 0.25) is 0 Å². The van der Waals surface area contributed by atoms with Gasteiger partial charge in [-0.15, -0.1) is 0 Å². The number of hydrogen-bond donors (Lipinski definition) is 1. The molecule has 0 unspecified atom stereocenters. The number of nitrogens with zero attached hydrogens (tertiary/aromatic N) is 2. The first-order valence-electron chi connectivity index (χ1n) is 7.54. The number of amides is 1. The number of nitrogens with one attached hydrogen (secondary N) is 1. The van der Waals surface area contributed by atoms with E-state index in [1.165, 1.54) is 37.7 Å². The van der Waals surface area contributed by atoms with Crippen molar-refractivity contribution >= 4 is 11.7 Å². The molecular weight excluding hydrogens is 238 g/mol. The van der Waals surface area contributed by atoms with Crippen LogP contribution in [0.1, 0.15) is 69.9 Å². The fourth-order valence-electron chi connectivity index (χ4n) is 3.62. The number of carbonyl (C=O) groups excluding carboxylic acids is 1. The van der Waals surface area contributed by atoms with Gasteiger partial charge in [-0.2, -0.15) is 5.10 Å². The number of aromatic nitrogens is 2. The molecule has 4 nitrogen and oxygen atoms in total. The summed E-state index contributed by atoms with van der Waals surface area (Å²) in [4.78, 5) is 12.0. The summed E-state index contributed by atoms with van der Waals surface area (Å²) in [6.07, 6.45) is 9.14. The Morgan fingerprint density at radius 2 is 2.05 bits per heavy atom. The topological polar surface area (TPSA) is 46.9 Å². The molecule has 1 aromatic rings. The largest absolute Gasteiger partial charge is 0.311 e. The molecule has 3 rings (SSSR count). The second-order valence-electron chi connectivity index (χ2n) is 6.24. The SMILES string of the molecule is CC(C)n1ncc2c1NC(=O)C[C@@H]2C1CCCCC1. The molecule has 0 aromatic carbocycles. The third-order valence-electron chi connectivity index (χ3n) is 4.59. The molecule has 2 heterocycles. The molecule has 1 amide bonds. The van der Waals surface area contributed by atoms with E-state index < -0.39 is 0 Å². The summed E-state index contributed by atoms with van der Waals surface area (Å²) in [7, 11) is 0. The normalized spacial score (nSPS) is 24.4. The van der Waals surface area contributed by atoms with Crippen molar-refractivity contribution in [1.82, 2.24) is 9.78 Å². The third-order valence-corrected chi connectivity index (χ3v) is 4.59. The third kappa shape index (κ3) is 2.28. The van der Waals surface area contributed by atoms with Gasteiger partial charge in [-0.3, -0.25) is 4.79 Å². The maximum absolute atomic E-state index is 12.0. The van der Waals surface area contributed by atoms with Crippen molar-refractivity contribution in [2.45, 2.75) is 64.3 Å². The molecule has 4 heteroatoms. The lowest BCUT2D eigenvalue weighted by Gasteiger charge is -2.33. The van der Waals surface area contributed by atoms with Crippen LogP contribution in [-0.2, 0) is 4.79 Å². The molecule has 0 radical (unpaired) electrons. The molecule has 1 N–H and O–H groups in total. The summed E-state index contributed by atoms with van der Waals surface area (Å²) in [6.45, 7) is 4.20. The standard InChI is InChI=1S/C15H23N3O/c1-10(2)18-15-13(9-16-18)12(8-14(19)17-15)11-6-4-3-5-7-11/h9-12H,3-8H2,1-2H3,(H,17,19)/t12-/m1/s1. The molecule has 2 aliphatic rings. The van der Waals surface area contributed by atoms with Gasteiger partial charge in [0.25, 0.3) is 0 Å². The number of rotatable bonds is 2. The van der Waals surface area contributed by atoms with E-state index >= 15 is 0 Å². The van der Waals surface area contributed by atoms with E-state index in [9.17, 15) is 4.79 Å². The van der Waals surface area contributed by atoms with Crippen molar-refractivity contribution in [2.24, 2.45) is 5.92 Å². The van der Waals surface area contributed by atoms with Gasteiger partial charge in [0, 0.05) is 23.9 Å². The van der Waals surface area contributed by atoms with Crippen LogP contribution >= 0.6 is 0 Å². The second kappa shape index (κ2) is 4.99. The monoisotopic (exact) mass is 261 g/mol. The molecule has 19 heavy (non-hydrogen) atoms. The lowest BCUT2D eigenvalue weighted by Crippen LogP contribution is -2.29. The summed E-state index contributed by atoms with van der Waals surface area (Å²) < 4.78 is 1.95. The lowest BCUT2D eigenvalue weighted by molar-refractivity contribution is -0.117. The van der Waals surface area contributed by atoms with E-state index in [1.807, 2.05) is 10.9 Å². The van der Waals surface area contributed by atoms with Crippen LogP contribution in [0.15, 0.2) is 6.20 Å². The van der Waals surface area contributed by atoms with E-state index in [2.05, 4.69) is 24.3 Å². The van der Waals surface area contributed by atoms with Crippen molar-refractivity contribution in [3.05, 3.63) is 11.8 Å². The summed E-state index contributed by atoms with van der Waals surface area (Å²) in [5, 5.41) is 7.50. The molecule has 1 aliphatic carbocycles. The molecule has 0 saturated heterocycles. The number of carbonyl (C=O) groups is 1. The molecule has 1 saturated carbocycles. The highest BCUT2D eigenvalue weighted by Gasteiger charge is 2.34. The van der Waals surface area contributed by atoms with Gasteiger partial charge < -0.3 is 5.32 Å².